The van der Waals surface area contributed by atoms with Gasteiger partial charge in [0.1, 0.15) is 0 Å². The summed E-state index contributed by atoms with van der Waals surface area (Å²) in [5, 5.41) is 11.9. The second-order valence-corrected chi connectivity index (χ2v) is 6.62. The second kappa shape index (κ2) is 7.06. The van der Waals surface area contributed by atoms with E-state index in [2.05, 4.69) is 5.32 Å². The molecule has 1 heterocycles. The van der Waals surface area contributed by atoms with Gasteiger partial charge in [-0.15, -0.1) is 0 Å². The van der Waals surface area contributed by atoms with E-state index in [-0.39, 0.29) is 6.04 Å². The van der Waals surface area contributed by atoms with Crippen LogP contribution >= 0.6 is 0 Å². The number of hydrogen-bond acceptors (Lipinski definition) is 4. The standard InChI is InChI=1S/C11H22N2O4S/c1-2-7-13(18(16,17)9-11(14)15)8-10-5-3-4-6-12-10/h10,12H,2-9H2,1H3,(H,14,15). The van der Waals surface area contributed by atoms with Gasteiger partial charge < -0.3 is 10.4 Å². The average Bonchev–Trinajstić information content (AvgIpc) is 2.28. The van der Waals surface area contributed by atoms with Gasteiger partial charge in [-0.1, -0.05) is 13.3 Å². The second-order valence-electron chi connectivity index (χ2n) is 4.65. The molecule has 0 bridgehead atoms. The molecule has 2 N–H and O–H groups in total. The Bertz CT molecular complexity index is 363. The summed E-state index contributed by atoms with van der Waals surface area (Å²) in [6.07, 6.45) is 3.84. The monoisotopic (exact) mass is 278 g/mol. The maximum absolute atomic E-state index is 11.9. The SMILES string of the molecule is CCCN(CC1CCCCN1)S(=O)(=O)CC(=O)O. The van der Waals surface area contributed by atoms with Crippen LogP contribution in [0.25, 0.3) is 0 Å². The van der Waals surface area contributed by atoms with Crippen LogP contribution in [0.2, 0.25) is 0 Å². The summed E-state index contributed by atoms with van der Waals surface area (Å²) in [4.78, 5) is 10.6. The fourth-order valence-electron chi connectivity index (χ4n) is 2.17. The number of nitrogens with one attached hydrogen (secondary N) is 1. The van der Waals surface area contributed by atoms with E-state index in [1.54, 1.807) is 0 Å². The molecule has 0 aromatic carbocycles. The molecule has 0 amide bonds. The van der Waals surface area contributed by atoms with Gasteiger partial charge in [-0.2, -0.15) is 4.31 Å². The Labute approximate surface area is 108 Å². The molecule has 106 valence electrons. The number of sulfonamides is 1. The average molecular weight is 278 g/mol. The van der Waals surface area contributed by atoms with E-state index >= 15 is 0 Å². The third kappa shape index (κ3) is 4.91. The minimum atomic E-state index is -3.69. The number of piperidine rings is 1. The smallest absolute Gasteiger partial charge is 0.320 e. The van der Waals surface area contributed by atoms with Gasteiger partial charge in [0.2, 0.25) is 10.0 Å². The molecule has 1 rings (SSSR count). The molecule has 0 aromatic heterocycles. The first-order valence-electron chi connectivity index (χ1n) is 6.38. The summed E-state index contributed by atoms with van der Waals surface area (Å²) in [7, 11) is -3.69. The third-order valence-corrected chi connectivity index (χ3v) is 4.74. The van der Waals surface area contributed by atoms with Crippen molar-refractivity contribution >= 4 is 16.0 Å². The number of aliphatic carboxylic acids is 1. The lowest BCUT2D eigenvalue weighted by molar-refractivity contribution is -0.134. The van der Waals surface area contributed by atoms with Crippen LogP contribution in [0.3, 0.4) is 0 Å². The van der Waals surface area contributed by atoms with E-state index in [0.717, 1.165) is 25.8 Å². The van der Waals surface area contributed by atoms with Gasteiger partial charge in [-0.05, 0) is 25.8 Å². The molecule has 1 aliphatic heterocycles. The zero-order valence-corrected chi connectivity index (χ0v) is 11.6. The van der Waals surface area contributed by atoms with Gasteiger partial charge in [-0.25, -0.2) is 8.42 Å². The van der Waals surface area contributed by atoms with Crippen LogP contribution < -0.4 is 5.32 Å². The van der Waals surface area contributed by atoms with Crippen molar-refractivity contribution in [1.82, 2.24) is 9.62 Å². The molecular weight excluding hydrogens is 256 g/mol. The molecule has 0 spiro atoms. The van der Waals surface area contributed by atoms with E-state index in [1.807, 2.05) is 6.92 Å². The van der Waals surface area contributed by atoms with E-state index in [4.69, 9.17) is 5.11 Å². The Balaban J connectivity index is 2.65. The van der Waals surface area contributed by atoms with Gasteiger partial charge in [-0.3, -0.25) is 4.79 Å². The van der Waals surface area contributed by atoms with E-state index in [0.29, 0.717) is 19.5 Å². The predicted molar refractivity (Wildman–Crippen MR) is 68.9 cm³/mol. The quantitative estimate of drug-likeness (QED) is 0.697. The topological polar surface area (TPSA) is 86.7 Å². The lowest BCUT2D eigenvalue weighted by Gasteiger charge is -2.29. The molecule has 0 aromatic rings. The van der Waals surface area contributed by atoms with Crippen molar-refractivity contribution in [3.8, 4) is 0 Å². The van der Waals surface area contributed by atoms with E-state index in [9.17, 15) is 13.2 Å². The van der Waals surface area contributed by atoms with Crippen molar-refractivity contribution in [3.05, 3.63) is 0 Å². The highest BCUT2D eigenvalue weighted by Gasteiger charge is 2.27. The lowest BCUT2D eigenvalue weighted by Crippen LogP contribution is -2.47. The van der Waals surface area contributed by atoms with Crippen molar-refractivity contribution in [1.29, 1.82) is 0 Å². The molecule has 0 aliphatic carbocycles. The van der Waals surface area contributed by atoms with Crippen molar-refractivity contribution < 1.29 is 18.3 Å². The van der Waals surface area contributed by atoms with Crippen LogP contribution in [0.1, 0.15) is 32.6 Å². The molecule has 0 radical (unpaired) electrons. The Morgan fingerprint density at radius 3 is 2.67 bits per heavy atom. The minimum absolute atomic E-state index is 0.147. The van der Waals surface area contributed by atoms with Crippen LogP contribution in [0.5, 0.6) is 0 Å². The zero-order chi connectivity index (χ0) is 13.6. The van der Waals surface area contributed by atoms with Gasteiger partial charge in [0.05, 0.1) is 0 Å². The largest absolute Gasteiger partial charge is 0.480 e. The summed E-state index contributed by atoms with van der Waals surface area (Å²) in [5.41, 5.74) is 0. The number of nitrogens with zero attached hydrogens (tertiary/aromatic N) is 1. The number of carboxylic acid groups (broad SMARTS) is 1. The van der Waals surface area contributed by atoms with Crippen molar-refractivity contribution in [2.45, 2.75) is 38.6 Å². The Morgan fingerprint density at radius 2 is 2.17 bits per heavy atom. The normalized spacial score (nSPS) is 21.1. The van der Waals surface area contributed by atoms with Crippen LogP contribution in [-0.4, -0.2) is 55.2 Å². The molecule has 1 fully saturated rings. The Hall–Kier alpha value is -0.660. The third-order valence-electron chi connectivity index (χ3n) is 3.01. The highest BCUT2D eigenvalue weighted by molar-refractivity contribution is 7.89. The van der Waals surface area contributed by atoms with Crippen molar-refractivity contribution in [2.24, 2.45) is 0 Å². The molecular formula is C11H22N2O4S. The summed E-state index contributed by atoms with van der Waals surface area (Å²) >= 11 is 0. The molecule has 0 saturated carbocycles. The number of carboxylic acids is 1. The zero-order valence-electron chi connectivity index (χ0n) is 10.8. The van der Waals surface area contributed by atoms with Crippen molar-refractivity contribution in [2.75, 3.05) is 25.4 Å². The van der Waals surface area contributed by atoms with Crippen LogP contribution in [0.4, 0.5) is 0 Å². The maximum atomic E-state index is 11.9. The van der Waals surface area contributed by atoms with Crippen LogP contribution in [0, 0.1) is 0 Å². The fraction of sp³-hybridized carbons (Fsp3) is 0.909. The minimum Gasteiger partial charge on any atom is -0.480 e. The first-order valence-corrected chi connectivity index (χ1v) is 7.99. The van der Waals surface area contributed by atoms with Crippen LogP contribution in [-0.2, 0) is 14.8 Å². The molecule has 7 heteroatoms. The Morgan fingerprint density at radius 1 is 1.44 bits per heavy atom. The summed E-state index contributed by atoms with van der Waals surface area (Å²) in [6.45, 7) is 3.55. The van der Waals surface area contributed by atoms with E-state index in [1.165, 1.54) is 4.31 Å². The lowest BCUT2D eigenvalue weighted by atomic mass is 10.1. The van der Waals surface area contributed by atoms with Crippen LogP contribution in [0.15, 0.2) is 0 Å². The van der Waals surface area contributed by atoms with Gasteiger partial charge in [0.15, 0.2) is 5.75 Å². The van der Waals surface area contributed by atoms with Gasteiger partial charge in [0, 0.05) is 19.1 Å². The highest BCUT2D eigenvalue weighted by Crippen LogP contribution is 2.12. The highest BCUT2D eigenvalue weighted by atomic mass is 32.2. The number of hydrogen-bond donors (Lipinski definition) is 2. The molecule has 1 unspecified atom stereocenters. The molecule has 6 nitrogen and oxygen atoms in total. The maximum Gasteiger partial charge on any atom is 0.320 e. The number of carbonyl (C=O) groups is 1. The first-order chi connectivity index (χ1) is 8.45. The first kappa shape index (κ1) is 15.4. The van der Waals surface area contributed by atoms with Gasteiger partial charge >= 0.3 is 5.97 Å². The van der Waals surface area contributed by atoms with Crippen molar-refractivity contribution in [3.63, 3.8) is 0 Å². The fourth-order valence-corrected chi connectivity index (χ4v) is 3.53. The molecule has 1 atom stereocenters. The molecule has 1 saturated heterocycles. The van der Waals surface area contributed by atoms with Gasteiger partial charge in [0.25, 0.3) is 0 Å². The predicted octanol–water partition coefficient (Wildman–Crippen LogP) is 0.255. The summed E-state index contributed by atoms with van der Waals surface area (Å²) in [6, 6.07) is 0.147. The molecule has 1 aliphatic rings. The molecule has 18 heavy (non-hydrogen) atoms. The number of rotatable bonds is 7. The Kier molecular flexibility index (Phi) is 6.04. The summed E-state index contributed by atoms with van der Waals surface area (Å²) < 4.78 is 25.2. The summed E-state index contributed by atoms with van der Waals surface area (Å²) in [5.74, 6) is -2.12. The van der Waals surface area contributed by atoms with E-state index < -0.39 is 21.7 Å².